The molecule has 0 amide bonds. The van der Waals surface area contributed by atoms with E-state index in [1.165, 1.54) is 18.2 Å². The second-order valence-corrected chi connectivity index (χ2v) is 4.16. The molecule has 0 fully saturated rings. The molecule has 5 heteroatoms. The molecule has 1 heterocycles. The highest BCUT2D eigenvalue weighted by molar-refractivity contribution is 5.76. The fourth-order valence-electron chi connectivity index (χ4n) is 1.72. The molecule has 0 aliphatic heterocycles. The normalized spacial score (nSPS) is 9.85. The molecule has 0 atom stereocenters. The third-order valence-corrected chi connectivity index (χ3v) is 2.71. The number of halogens is 1. The van der Waals surface area contributed by atoms with E-state index in [4.69, 9.17) is 10.00 Å². The number of carbonyl (C=O) groups is 1. The van der Waals surface area contributed by atoms with Gasteiger partial charge in [-0.1, -0.05) is 0 Å². The van der Waals surface area contributed by atoms with Gasteiger partial charge in [-0.05, 0) is 37.3 Å². The Balaban J connectivity index is 2.23. The molecule has 20 heavy (non-hydrogen) atoms. The van der Waals surface area contributed by atoms with Crippen molar-refractivity contribution in [3.05, 3.63) is 58.7 Å². The summed E-state index contributed by atoms with van der Waals surface area (Å²) >= 11 is 0. The number of rotatable bonds is 4. The van der Waals surface area contributed by atoms with Crippen LogP contribution in [0.15, 0.2) is 30.3 Å². The van der Waals surface area contributed by atoms with Gasteiger partial charge in [0.1, 0.15) is 23.9 Å². The number of carbonyl (C=O) groups excluding carboxylic acids is 1. The lowest BCUT2D eigenvalue weighted by molar-refractivity contribution is 0.111. The highest BCUT2D eigenvalue weighted by Crippen LogP contribution is 2.18. The number of hydrogen-bond donors (Lipinski definition) is 0. The highest BCUT2D eigenvalue weighted by Gasteiger charge is 2.08. The molecule has 0 aliphatic carbocycles. The van der Waals surface area contributed by atoms with Crippen LogP contribution in [0.3, 0.4) is 0 Å². The van der Waals surface area contributed by atoms with Crippen LogP contribution in [0.1, 0.15) is 27.3 Å². The molecule has 2 rings (SSSR count). The molecule has 1 aromatic carbocycles. The Bertz CT molecular complexity index is 693. The monoisotopic (exact) mass is 270 g/mol. The summed E-state index contributed by atoms with van der Waals surface area (Å²) in [5.41, 5.74) is 1.63. The Hall–Kier alpha value is -2.74. The Kier molecular flexibility index (Phi) is 4.06. The number of hydrogen-bond acceptors (Lipinski definition) is 4. The van der Waals surface area contributed by atoms with Gasteiger partial charge in [-0.25, -0.2) is 9.37 Å². The van der Waals surface area contributed by atoms with E-state index in [9.17, 15) is 9.18 Å². The van der Waals surface area contributed by atoms with Crippen molar-refractivity contribution in [1.29, 1.82) is 5.26 Å². The summed E-state index contributed by atoms with van der Waals surface area (Å²) in [4.78, 5) is 14.9. The van der Waals surface area contributed by atoms with E-state index in [0.717, 1.165) is 0 Å². The molecule has 4 nitrogen and oxygen atoms in total. The van der Waals surface area contributed by atoms with Crippen molar-refractivity contribution in [2.45, 2.75) is 13.5 Å². The fraction of sp³-hybridized carbons (Fsp3) is 0.133. The Morgan fingerprint density at radius 2 is 2.20 bits per heavy atom. The van der Waals surface area contributed by atoms with Gasteiger partial charge in [-0.15, -0.1) is 0 Å². The van der Waals surface area contributed by atoms with E-state index in [0.29, 0.717) is 28.9 Å². The molecule has 2 aromatic rings. The quantitative estimate of drug-likeness (QED) is 0.801. The van der Waals surface area contributed by atoms with Gasteiger partial charge in [0.2, 0.25) is 0 Å². The van der Waals surface area contributed by atoms with Gasteiger partial charge in [-0.3, -0.25) is 4.79 Å². The minimum atomic E-state index is -0.444. The Morgan fingerprint density at radius 3 is 2.90 bits per heavy atom. The van der Waals surface area contributed by atoms with Gasteiger partial charge < -0.3 is 4.74 Å². The number of aryl methyl sites for hydroxylation is 1. The van der Waals surface area contributed by atoms with Crippen molar-refractivity contribution >= 4 is 6.29 Å². The van der Waals surface area contributed by atoms with Crippen molar-refractivity contribution in [2.24, 2.45) is 0 Å². The molecule has 100 valence electrons. The smallest absolute Gasteiger partial charge is 0.172 e. The zero-order chi connectivity index (χ0) is 14.5. The topological polar surface area (TPSA) is 63.0 Å². The minimum absolute atomic E-state index is 0.00770. The number of aldehydes is 1. The third-order valence-electron chi connectivity index (χ3n) is 2.71. The molecule has 0 bridgehead atoms. The zero-order valence-electron chi connectivity index (χ0n) is 10.8. The Labute approximate surface area is 115 Å². The van der Waals surface area contributed by atoms with Crippen molar-refractivity contribution in [3.8, 4) is 11.8 Å². The first-order valence-electron chi connectivity index (χ1n) is 5.88. The summed E-state index contributed by atoms with van der Waals surface area (Å²) < 4.78 is 18.6. The molecule has 0 saturated carbocycles. The van der Waals surface area contributed by atoms with Crippen LogP contribution in [-0.4, -0.2) is 11.3 Å². The average Bonchev–Trinajstić information content (AvgIpc) is 2.46. The van der Waals surface area contributed by atoms with Crippen molar-refractivity contribution in [2.75, 3.05) is 0 Å². The van der Waals surface area contributed by atoms with Crippen molar-refractivity contribution < 1.29 is 13.9 Å². The minimum Gasteiger partial charge on any atom is -0.486 e. The molecule has 0 N–H and O–H groups in total. The molecule has 0 saturated heterocycles. The number of nitriles is 1. The lowest BCUT2D eigenvalue weighted by Crippen LogP contribution is -2.03. The first kappa shape index (κ1) is 13.7. The predicted molar refractivity (Wildman–Crippen MR) is 69.8 cm³/mol. The fourth-order valence-corrected chi connectivity index (χ4v) is 1.72. The van der Waals surface area contributed by atoms with E-state index in [-0.39, 0.29) is 12.3 Å². The van der Waals surface area contributed by atoms with Crippen molar-refractivity contribution in [1.82, 2.24) is 4.98 Å². The summed E-state index contributed by atoms with van der Waals surface area (Å²) in [6.45, 7) is 1.75. The van der Waals surface area contributed by atoms with E-state index < -0.39 is 5.82 Å². The molecule has 0 unspecified atom stereocenters. The predicted octanol–water partition coefficient (Wildman–Crippen LogP) is 2.79. The first-order valence-corrected chi connectivity index (χ1v) is 5.88. The number of pyridine rings is 1. The Morgan fingerprint density at radius 1 is 1.40 bits per heavy atom. The summed E-state index contributed by atoms with van der Waals surface area (Å²) in [5.74, 6) is -0.140. The summed E-state index contributed by atoms with van der Waals surface area (Å²) in [5, 5.41) is 8.95. The van der Waals surface area contributed by atoms with E-state index in [1.807, 2.05) is 6.07 Å². The maximum absolute atomic E-state index is 13.2. The standard InChI is InChI=1S/C15H11FN2O2/c1-10-2-5-15(14(8-19)18-10)20-9-12-6-13(16)4-3-11(12)7-17/h2-6,8H,9H2,1H3. The molecule has 0 spiro atoms. The van der Waals surface area contributed by atoms with E-state index in [2.05, 4.69) is 4.98 Å². The van der Waals surface area contributed by atoms with Crippen LogP contribution < -0.4 is 4.74 Å². The molecular formula is C15H11FN2O2. The van der Waals surface area contributed by atoms with Crippen LogP contribution in [0, 0.1) is 24.1 Å². The average molecular weight is 270 g/mol. The molecule has 0 aliphatic rings. The van der Waals surface area contributed by atoms with Gasteiger partial charge in [0.15, 0.2) is 6.29 Å². The van der Waals surface area contributed by atoms with E-state index >= 15 is 0 Å². The van der Waals surface area contributed by atoms with Gasteiger partial charge in [0, 0.05) is 11.3 Å². The number of benzene rings is 1. The van der Waals surface area contributed by atoms with Crippen LogP contribution in [0.25, 0.3) is 0 Å². The van der Waals surface area contributed by atoms with Gasteiger partial charge in [0.05, 0.1) is 11.6 Å². The number of nitrogens with zero attached hydrogens (tertiary/aromatic N) is 2. The second kappa shape index (κ2) is 5.93. The van der Waals surface area contributed by atoms with Crippen LogP contribution >= 0.6 is 0 Å². The maximum Gasteiger partial charge on any atom is 0.172 e. The van der Waals surface area contributed by atoms with Crippen LogP contribution in [-0.2, 0) is 6.61 Å². The summed E-state index contributed by atoms with van der Waals surface area (Å²) in [7, 11) is 0. The molecule has 0 radical (unpaired) electrons. The lowest BCUT2D eigenvalue weighted by Gasteiger charge is -2.09. The first-order chi connectivity index (χ1) is 9.63. The van der Waals surface area contributed by atoms with E-state index in [1.54, 1.807) is 19.1 Å². The third kappa shape index (κ3) is 2.98. The largest absolute Gasteiger partial charge is 0.486 e. The van der Waals surface area contributed by atoms with Gasteiger partial charge in [0.25, 0.3) is 0 Å². The SMILES string of the molecule is Cc1ccc(OCc2cc(F)ccc2C#N)c(C=O)n1. The molecule has 1 aromatic heterocycles. The second-order valence-electron chi connectivity index (χ2n) is 4.16. The van der Waals surface area contributed by atoms with Gasteiger partial charge in [-0.2, -0.15) is 5.26 Å². The maximum atomic E-state index is 13.2. The summed E-state index contributed by atoms with van der Waals surface area (Å²) in [6.07, 6.45) is 0.596. The van der Waals surface area contributed by atoms with Crippen molar-refractivity contribution in [3.63, 3.8) is 0 Å². The highest BCUT2D eigenvalue weighted by atomic mass is 19.1. The summed E-state index contributed by atoms with van der Waals surface area (Å²) in [6, 6.07) is 9.14. The molecular weight excluding hydrogens is 259 g/mol. The van der Waals surface area contributed by atoms with Gasteiger partial charge >= 0.3 is 0 Å². The lowest BCUT2D eigenvalue weighted by atomic mass is 10.1. The van der Waals surface area contributed by atoms with Crippen LogP contribution in [0.4, 0.5) is 4.39 Å². The van der Waals surface area contributed by atoms with Crippen LogP contribution in [0.2, 0.25) is 0 Å². The number of aromatic nitrogens is 1. The van der Waals surface area contributed by atoms with Crippen LogP contribution in [0.5, 0.6) is 5.75 Å². The zero-order valence-corrected chi connectivity index (χ0v) is 10.8. The number of ether oxygens (including phenoxy) is 1.